The smallest absolute Gasteiger partial charge is 0.338 e. The van der Waals surface area contributed by atoms with Gasteiger partial charge < -0.3 is 28.8 Å². The highest BCUT2D eigenvalue weighted by molar-refractivity contribution is 6.18. The van der Waals surface area contributed by atoms with E-state index in [-0.39, 0.29) is 0 Å². The lowest BCUT2D eigenvalue weighted by Gasteiger charge is -2.24. The van der Waals surface area contributed by atoms with E-state index in [1.165, 1.54) is 0 Å². The van der Waals surface area contributed by atoms with Gasteiger partial charge in [0.2, 0.25) is 12.4 Å². The molecule has 188 valence electrons. The van der Waals surface area contributed by atoms with Crippen molar-refractivity contribution in [2.45, 2.75) is 24.6 Å². The number of aliphatic hydroxyl groups excluding tert-OH is 1. The Hall–Kier alpha value is -3.59. The van der Waals surface area contributed by atoms with Gasteiger partial charge in [0.1, 0.15) is 24.2 Å². The number of rotatable bonds is 10. The maximum Gasteiger partial charge on any atom is 0.338 e. The van der Waals surface area contributed by atoms with Crippen molar-refractivity contribution in [3.05, 3.63) is 96.1 Å². The zero-order valence-corrected chi connectivity index (χ0v) is 20.0. The molecule has 8 nitrogen and oxygen atoms in total. The second-order valence-corrected chi connectivity index (χ2v) is 8.20. The maximum atomic E-state index is 12.9. The van der Waals surface area contributed by atoms with Gasteiger partial charge in [0.05, 0.1) is 23.6 Å². The molecule has 0 unspecified atom stereocenters. The standard InChI is InChI=1S/C27H25ClO8/c28-15-16-32-20-11-13-21(14-12-20)33-27-24(36-26(31)19-9-5-2-6-10-19)23(22(17-29)34-27)35-25(30)18-7-3-1-4-8-18/h1-14,22-24,27,29H,15-17H2/t22-,23-,24+,27+/m1/s1. The van der Waals surface area contributed by atoms with Gasteiger partial charge in [-0.15, -0.1) is 11.6 Å². The molecule has 0 saturated carbocycles. The molecule has 0 amide bonds. The third-order valence-corrected chi connectivity index (χ3v) is 5.53. The average molecular weight is 513 g/mol. The van der Waals surface area contributed by atoms with Crippen LogP contribution in [0.3, 0.4) is 0 Å². The number of benzene rings is 3. The topological polar surface area (TPSA) is 101 Å². The quantitative estimate of drug-likeness (QED) is 0.323. The number of halogens is 1. The lowest BCUT2D eigenvalue weighted by molar-refractivity contribution is -0.119. The van der Waals surface area contributed by atoms with Crippen LogP contribution in [0.1, 0.15) is 20.7 Å². The molecule has 3 aromatic rings. The van der Waals surface area contributed by atoms with Gasteiger partial charge in [-0.2, -0.15) is 0 Å². The van der Waals surface area contributed by atoms with Crippen molar-refractivity contribution in [2.75, 3.05) is 19.1 Å². The number of carbonyl (C=O) groups is 2. The lowest BCUT2D eigenvalue weighted by atomic mass is 10.1. The lowest BCUT2D eigenvalue weighted by Crippen LogP contribution is -2.42. The summed E-state index contributed by atoms with van der Waals surface area (Å²) >= 11 is 5.65. The van der Waals surface area contributed by atoms with Gasteiger partial charge in [0, 0.05) is 0 Å². The number of ether oxygens (including phenoxy) is 5. The molecule has 4 atom stereocenters. The van der Waals surface area contributed by atoms with Crippen LogP contribution in [-0.2, 0) is 14.2 Å². The third-order valence-electron chi connectivity index (χ3n) is 5.37. The molecule has 1 heterocycles. The molecule has 1 saturated heterocycles. The highest BCUT2D eigenvalue weighted by Gasteiger charge is 2.51. The predicted octanol–water partition coefficient (Wildman–Crippen LogP) is 3.85. The fraction of sp³-hybridized carbons (Fsp3) is 0.259. The highest BCUT2D eigenvalue weighted by atomic mass is 35.5. The third kappa shape index (κ3) is 6.34. The van der Waals surface area contributed by atoms with Gasteiger partial charge in [0.15, 0.2) is 6.10 Å². The summed E-state index contributed by atoms with van der Waals surface area (Å²) in [7, 11) is 0. The molecular weight excluding hydrogens is 488 g/mol. The van der Waals surface area contributed by atoms with Crippen LogP contribution in [0.4, 0.5) is 0 Å². The Balaban J connectivity index is 1.56. The van der Waals surface area contributed by atoms with Crippen LogP contribution in [0.5, 0.6) is 11.5 Å². The Bertz CT molecular complexity index is 1120. The van der Waals surface area contributed by atoms with E-state index in [4.69, 9.17) is 35.3 Å². The van der Waals surface area contributed by atoms with Crippen LogP contribution in [-0.4, -0.2) is 60.7 Å². The molecule has 0 spiro atoms. The molecule has 0 aliphatic carbocycles. The van der Waals surface area contributed by atoms with Gasteiger partial charge in [-0.05, 0) is 48.5 Å². The zero-order valence-electron chi connectivity index (χ0n) is 19.2. The second kappa shape index (κ2) is 12.4. The van der Waals surface area contributed by atoms with E-state index in [0.29, 0.717) is 35.1 Å². The molecule has 0 bridgehead atoms. The summed E-state index contributed by atoms with van der Waals surface area (Å²) in [6.45, 7) is -0.130. The molecular formula is C27H25ClO8. The van der Waals surface area contributed by atoms with Crippen LogP contribution in [0.2, 0.25) is 0 Å². The van der Waals surface area contributed by atoms with Crippen LogP contribution < -0.4 is 9.47 Å². The molecule has 0 aromatic heterocycles. The fourth-order valence-corrected chi connectivity index (χ4v) is 3.71. The number of carbonyl (C=O) groups excluding carboxylic acids is 2. The fourth-order valence-electron chi connectivity index (χ4n) is 3.64. The summed E-state index contributed by atoms with van der Waals surface area (Å²) in [6, 6.07) is 23.4. The van der Waals surface area contributed by atoms with Crippen LogP contribution >= 0.6 is 11.6 Å². The van der Waals surface area contributed by atoms with Crippen molar-refractivity contribution in [1.82, 2.24) is 0 Å². The minimum Gasteiger partial charge on any atom is -0.492 e. The Morgan fingerprint density at radius 2 is 1.31 bits per heavy atom. The van der Waals surface area contributed by atoms with E-state index in [2.05, 4.69) is 0 Å². The largest absolute Gasteiger partial charge is 0.492 e. The van der Waals surface area contributed by atoms with Crippen molar-refractivity contribution in [1.29, 1.82) is 0 Å². The van der Waals surface area contributed by atoms with E-state index in [1.54, 1.807) is 84.9 Å². The van der Waals surface area contributed by atoms with Crippen LogP contribution in [0.15, 0.2) is 84.9 Å². The van der Waals surface area contributed by atoms with Crippen LogP contribution in [0, 0.1) is 0 Å². The highest BCUT2D eigenvalue weighted by Crippen LogP contribution is 2.31. The monoisotopic (exact) mass is 512 g/mol. The van der Waals surface area contributed by atoms with Crippen molar-refractivity contribution in [2.24, 2.45) is 0 Å². The molecule has 9 heteroatoms. The Morgan fingerprint density at radius 1 is 0.778 bits per heavy atom. The van der Waals surface area contributed by atoms with Gasteiger partial charge >= 0.3 is 11.9 Å². The summed E-state index contributed by atoms with van der Waals surface area (Å²) in [4.78, 5) is 25.7. The van der Waals surface area contributed by atoms with E-state index in [1.807, 2.05) is 0 Å². The number of hydrogen-bond acceptors (Lipinski definition) is 8. The molecule has 1 aliphatic rings. The van der Waals surface area contributed by atoms with Gasteiger partial charge in [0.25, 0.3) is 0 Å². The van der Waals surface area contributed by atoms with E-state index in [0.717, 1.165) is 0 Å². The molecule has 1 aliphatic heterocycles. The van der Waals surface area contributed by atoms with E-state index < -0.39 is 43.1 Å². The summed E-state index contributed by atoms with van der Waals surface area (Å²) in [5.74, 6) is 0.0525. The Kier molecular flexibility index (Phi) is 8.78. The normalized spacial score (nSPS) is 20.9. The van der Waals surface area contributed by atoms with Crippen LogP contribution in [0.25, 0.3) is 0 Å². The Morgan fingerprint density at radius 3 is 1.83 bits per heavy atom. The van der Waals surface area contributed by atoms with E-state index >= 15 is 0 Å². The first-order chi connectivity index (χ1) is 17.6. The van der Waals surface area contributed by atoms with Crippen molar-refractivity contribution in [3.8, 4) is 11.5 Å². The Labute approximate surface area is 213 Å². The first-order valence-corrected chi connectivity index (χ1v) is 11.9. The minimum absolute atomic E-state index is 0.303. The first-order valence-electron chi connectivity index (χ1n) is 11.3. The van der Waals surface area contributed by atoms with Gasteiger partial charge in [-0.1, -0.05) is 36.4 Å². The number of alkyl halides is 1. The van der Waals surface area contributed by atoms with Gasteiger partial charge in [-0.25, -0.2) is 9.59 Å². The molecule has 36 heavy (non-hydrogen) atoms. The SMILES string of the molecule is O=C(O[C@@H]1[C@@H](Oc2ccc(OCCCl)cc2)O[C@H](CO)[C@H]1OC(=O)c1ccccc1)c1ccccc1. The van der Waals surface area contributed by atoms with Crippen molar-refractivity contribution in [3.63, 3.8) is 0 Å². The predicted molar refractivity (Wildman–Crippen MR) is 130 cm³/mol. The summed E-state index contributed by atoms with van der Waals surface area (Å²) in [5.41, 5.74) is 0.608. The van der Waals surface area contributed by atoms with E-state index in [9.17, 15) is 14.7 Å². The minimum atomic E-state index is -1.16. The molecule has 0 radical (unpaired) electrons. The molecule has 3 aromatic carbocycles. The second-order valence-electron chi connectivity index (χ2n) is 7.82. The molecule has 1 fully saturated rings. The molecule has 4 rings (SSSR count). The molecule has 1 N–H and O–H groups in total. The number of aliphatic hydroxyl groups is 1. The zero-order chi connectivity index (χ0) is 25.3. The maximum absolute atomic E-state index is 12.9. The number of esters is 2. The van der Waals surface area contributed by atoms with Crippen molar-refractivity contribution < 1.29 is 38.4 Å². The van der Waals surface area contributed by atoms with Gasteiger partial charge in [-0.3, -0.25) is 0 Å². The number of hydrogen-bond donors (Lipinski definition) is 1. The summed E-state index contributed by atoms with van der Waals surface area (Å²) in [5, 5.41) is 9.95. The summed E-state index contributed by atoms with van der Waals surface area (Å²) in [6.07, 6.45) is -4.41. The van der Waals surface area contributed by atoms with Crippen molar-refractivity contribution >= 4 is 23.5 Å². The first kappa shape index (κ1) is 25.5. The summed E-state index contributed by atoms with van der Waals surface area (Å²) < 4.78 is 28.6. The average Bonchev–Trinajstić information content (AvgIpc) is 3.24.